The van der Waals surface area contributed by atoms with Crippen LogP contribution < -0.4 is 5.32 Å². The lowest BCUT2D eigenvalue weighted by molar-refractivity contribution is 0.161. The van der Waals surface area contributed by atoms with Gasteiger partial charge < -0.3 is 10.4 Å². The lowest BCUT2D eigenvalue weighted by Crippen LogP contribution is -2.30. The number of aliphatic hydroxyl groups is 1. The number of hydrogen-bond acceptors (Lipinski definition) is 3. The summed E-state index contributed by atoms with van der Waals surface area (Å²) < 4.78 is 13.6. The maximum absolute atomic E-state index is 13.6. The molecular formula is C17H21FN2O. The number of benzene rings is 1. The molecule has 0 spiro atoms. The van der Waals surface area contributed by atoms with Crippen molar-refractivity contribution in [3.05, 3.63) is 65.7 Å². The van der Waals surface area contributed by atoms with Crippen LogP contribution in [0.15, 0.2) is 48.8 Å². The van der Waals surface area contributed by atoms with Gasteiger partial charge in [-0.3, -0.25) is 4.98 Å². The van der Waals surface area contributed by atoms with Crippen molar-refractivity contribution in [2.24, 2.45) is 5.92 Å². The first kappa shape index (κ1) is 15.6. The molecule has 2 unspecified atom stereocenters. The first-order chi connectivity index (χ1) is 10.1. The van der Waals surface area contributed by atoms with Gasteiger partial charge in [0.05, 0.1) is 6.10 Å². The van der Waals surface area contributed by atoms with E-state index in [1.54, 1.807) is 24.4 Å². The summed E-state index contributed by atoms with van der Waals surface area (Å²) in [5.41, 5.74) is 1.38. The molecule has 0 saturated heterocycles. The Kier molecular flexibility index (Phi) is 5.42. The average Bonchev–Trinajstić information content (AvgIpc) is 2.48. The molecule has 0 amide bonds. The molecule has 1 aromatic carbocycles. The SMILES string of the molecule is CC(C)C(NCC(O)c1ccccc1F)c1cccnc1. The number of hydrogen-bond donors (Lipinski definition) is 2. The van der Waals surface area contributed by atoms with Crippen LogP contribution >= 0.6 is 0 Å². The van der Waals surface area contributed by atoms with Crippen LogP contribution in [0.3, 0.4) is 0 Å². The van der Waals surface area contributed by atoms with Gasteiger partial charge in [0.15, 0.2) is 0 Å². The van der Waals surface area contributed by atoms with Gasteiger partial charge in [0.1, 0.15) is 5.82 Å². The van der Waals surface area contributed by atoms with E-state index >= 15 is 0 Å². The van der Waals surface area contributed by atoms with Crippen LogP contribution in [0.1, 0.15) is 37.1 Å². The van der Waals surface area contributed by atoms with Gasteiger partial charge in [0, 0.05) is 30.5 Å². The van der Waals surface area contributed by atoms with E-state index in [1.165, 1.54) is 6.07 Å². The Bertz CT molecular complexity index is 560. The quantitative estimate of drug-likeness (QED) is 0.857. The summed E-state index contributed by atoms with van der Waals surface area (Å²) in [6.45, 7) is 4.49. The number of aliphatic hydroxyl groups excluding tert-OH is 1. The highest BCUT2D eigenvalue weighted by Crippen LogP contribution is 2.22. The number of nitrogens with zero attached hydrogens (tertiary/aromatic N) is 1. The van der Waals surface area contributed by atoms with E-state index in [1.807, 2.05) is 18.3 Å². The van der Waals surface area contributed by atoms with Gasteiger partial charge >= 0.3 is 0 Å². The van der Waals surface area contributed by atoms with Crippen LogP contribution in [-0.4, -0.2) is 16.6 Å². The first-order valence-corrected chi connectivity index (χ1v) is 7.15. The highest BCUT2D eigenvalue weighted by atomic mass is 19.1. The van der Waals surface area contributed by atoms with Crippen molar-refractivity contribution in [1.82, 2.24) is 10.3 Å². The van der Waals surface area contributed by atoms with E-state index in [4.69, 9.17) is 0 Å². The molecule has 112 valence electrons. The Morgan fingerprint density at radius 1 is 1.19 bits per heavy atom. The lowest BCUT2D eigenvalue weighted by atomic mass is 9.97. The van der Waals surface area contributed by atoms with Crippen LogP contribution in [0, 0.1) is 11.7 Å². The summed E-state index contributed by atoms with van der Waals surface area (Å²) in [5.74, 6) is -0.0451. The van der Waals surface area contributed by atoms with Gasteiger partial charge in [0.2, 0.25) is 0 Å². The highest BCUT2D eigenvalue weighted by molar-refractivity contribution is 5.20. The summed E-state index contributed by atoms with van der Waals surface area (Å²) in [6, 6.07) is 10.3. The second kappa shape index (κ2) is 7.29. The zero-order chi connectivity index (χ0) is 15.2. The van der Waals surface area contributed by atoms with Crippen molar-refractivity contribution in [3.63, 3.8) is 0 Å². The predicted octanol–water partition coefficient (Wildman–Crippen LogP) is 3.24. The van der Waals surface area contributed by atoms with Gasteiger partial charge in [-0.05, 0) is 23.6 Å². The molecule has 2 atom stereocenters. The predicted molar refractivity (Wildman–Crippen MR) is 81.2 cm³/mol. The van der Waals surface area contributed by atoms with Crippen molar-refractivity contribution < 1.29 is 9.50 Å². The van der Waals surface area contributed by atoms with Gasteiger partial charge in [-0.15, -0.1) is 0 Å². The van der Waals surface area contributed by atoms with Gasteiger partial charge in [0.25, 0.3) is 0 Å². The van der Waals surface area contributed by atoms with Crippen LogP contribution in [-0.2, 0) is 0 Å². The maximum Gasteiger partial charge on any atom is 0.129 e. The largest absolute Gasteiger partial charge is 0.387 e. The van der Waals surface area contributed by atoms with E-state index in [9.17, 15) is 9.50 Å². The molecule has 0 radical (unpaired) electrons. The van der Waals surface area contributed by atoms with Crippen molar-refractivity contribution in [3.8, 4) is 0 Å². The minimum absolute atomic E-state index is 0.0696. The van der Waals surface area contributed by atoms with Crippen LogP contribution in [0.5, 0.6) is 0 Å². The molecule has 0 saturated carbocycles. The van der Waals surface area contributed by atoms with E-state index in [0.717, 1.165) is 5.56 Å². The molecule has 0 aliphatic rings. The Morgan fingerprint density at radius 3 is 2.57 bits per heavy atom. The normalized spacial score (nSPS) is 14.1. The number of rotatable bonds is 6. The molecule has 1 heterocycles. The summed E-state index contributed by atoms with van der Waals surface area (Å²) in [7, 11) is 0. The monoisotopic (exact) mass is 288 g/mol. The minimum atomic E-state index is -0.871. The van der Waals surface area contributed by atoms with Crippen molar-refractivity contribution >= 4 is 0 Å². The molecular weight excluding hydrogens is 267 g/mol. The highest BCUT2D eigenvalue weighted by Gasteiger charge is 2.18. The number of halogens is 1. The second-order valence-electron chi connectivity index (χ2n) is 5.45. The zero-order valence-corrected chi connectivity index (χ0v) is 12.3. The first-order valence-electron chi connectivity index (χ1n) is 7.15. The van der Waals surface area contributed by atoms with Gasteiger partial charge in [-0.25, -0.2) is 4.39 Å². The summed E-state index contributed by atoms with van der Waals surface area (Å²) in [5, 5.41) is 13.5. The molecule has 0 aliphatic carbocycles. The molecule has 4 heteroatoms. The fourth-order valence-corrected chi connectivity index (χ4v) is 2.39. The van der Waals surface area contributed by atoms with E-state index in [0.29, 0.717) is 18.0 Å². The molecule has 2 N–H and O–H groups in total. The fourth-order valence-electron chi connectivity index (χ4n) is 2.39. The van der Waals surface area contributed by atoms with Crippen LogP contribution in [0.25, 0.3) is 0 Å². The van der Waals surface area contributed by atoms with E-state index in [2.05, 4.69) is 24.1 Å². The summed E-state index contributed by atoms with van der Waals surface area (Å²) >= 11 is 0. The van der Waals surface area contributed by atoms with E-state index < -0.39 is 6.10 Å². The molecule has 2 aromatic rings. The molecule has 3 nitrogen and oxygen atoms in total. The standard InChI is InChI=1S/C17H21FN2O/c1-12(2)17(13-6-5-9-19-10-13)20-11-16(21)14-7-3-4-8-15(14)18/h3-10,12,16-17,20-21H,11H2,1-2H3. The lowest BCUT2D eigenvalue weighted by Gasteiger charge is -2.24. The topological polar surface area (TPSA) is 45.1 Å². The Hall–Kier alpha value is -1.78. The van der Waals surface area contributed by atoms with Gasteiger partial charge in [-0.1, -0.05) is 38.1 Å². The molecule has 2 rings (SSSR count). The van der Waals surface area contributed by atoms with Crippen molar-refractivity contribution in [1.29, 1.82) is 0 Å². The Morgan fingerprint density at radius 2 is 1.95 bits per heavy atom. The third-order valence-electron chi connectivity index (χ3n) is 3.51. The minimum Gasteiger partial charge on any atom is -0.387 e. The molecule has 21 heavy (non-hydrogen) atoms. The maximum atomic E-state index is 13.6. The van der Waals surface area contributed by atoms with Crippen molar-refractivity contribution in [2.75, 3.05) is 6.54 Å². The van der Waals surface area contributed by atoms with Crippen molar-refractivity contribution in [2.45, 2.75) is 26.0 Å². The number of aromatic nitrogens is 1. The molecule has 0 aliphatic heterocycles. The third-order valence-corrected chi connectivity index (χ3v) is 3.51. The number of pyridine rings is 1. The van der Waals surface area contributed by atoms with E-state index in [-0.39, 0.29) is 11.9 Å². The zero-order valence-electron chi connectivity index (χ0n) is 12.3. The third kappa shape index (κ3) is 4.09. The molecule has 0 bridgehead atoms. The van der Waals surface area contributed by atoms with Gasteiger partial charge in [-0.2, -0.15) is 0 Å². The Balaban J connectivity index is 2.04. The number of nitrogens with one attached hydrogen (secondary N) is 1. The summed E-state index contributed by atoms with van der Waals surface area (Å²) in [4.78, 5) is 4.12. The van der Waals surface area contributed by atoms with Crippen LogP contribution in [0.4, 0.5) is 4.39 Å². The second-order valence-corrected chi connectivity index (χ2v) is 5.45. The fraction of sp³-hybridized carbons (Fsp3) is 0.353. The Labute approximate surface area is 124 Å². The van der Waals surface area contributed by atoms with Crippen LogP contribution in [0.2, 0.25) is 0 Å². The smallest absolute Gasteiger partial charge is 0.129 e. The molecule has 1 aromatic heterocycles. The molecule has 0 fully saturated rings. The summed E-state index contributed by atoms with van der Waals surface area (Å²) in [6.07, 6.45) is 2.67. The average molecular weight is 288 g/mol.